The number of anilines is 2. The first-order valence-electron chi connectivity index (χ1n) is 10.8. The van der Waals surface area contributed by atoms with Crippen LogP contribution < -0.4 is 19.9 Å². The van der Waals surface area contributed by atoms with Crippen LogP contribution in [0.1, 0.15) is 35.4 Å². The van der Waals surface area contributed by atoms with Crippen molar-refractivity contribution in [2.45, 2.75) is 38.3 Å². The zero-order valence-electron chi connectivity index (χ0n) is 18.0. The second kappa shape index (κ2) is 7.79. The summed E-state index contributed by atoms with van der Waals surface area (Å²) in [5, 5.41) is 2.73. The van der Waals surface area contributed by atoms with E-state index in [2.05, 4.69) is 25.0 Å². The molecule has 0 radical (unpaired) electrons. The van der Waals surface area contributed by atoms with Gasteiger partial charge >= 0.3 is 0 Å². The largest absolute Gasteiger partial charge is 0.490 e. The van der Waals surface area contributed by atoms with Gasteiger partial charge in [0, 0.05) is 31.4 Å². The van der Waals surface area contributed by atoms with Crippen molar-refractivity contribution in [3.8, 4) is 5.75 Å². The van der Waals surface area contributed by atoms with Crippen molar-refractivity contribution < 1.29 is 14.3 Å². The standard InChI is InChI=1S/C23H24N6O3/c1-13-10-25-20(27-21(13)29-11-14-4-6-16(29)8-14)22(30)26-17-12-32-19-9-15(24-2)5-7-18(19)28(3)23(17)31/h5,7,9-10,14,16-17H,4,6,8,11-12H2,1,3H3,(H,26,30)/t14?,16?,17-/m0/s1. The second-order valence-corrected chi connectivity index (χ2v) is 8.68. The summed E-state index contributed by atoms with van der Waals surface area (Å²) < 4.78 is 5.77. The Morgan fingerprint density at radius 1 is 1.34 bits per heavy atom. The molecule has 2 aromatic rings. The molecule has 1 saturated carbocycles. The van der Waals surface area contributed by atoms with Crippen LogP contribution in [0.4, 0.5) is 17.2 Å². The van der Waals surface area contributed by atoms with E-state index in [1.165, 1.54) is 17.7 Å². The number of aromatic nitrogens is 2. The topological polar surface area (TPSA) is 92.0 Å². The molecule has 2 amide bonds. The maximum atomic E-state index is 13.0. The first-order chi connectivity index (χ1) is 15.4. The maximum Gasteiger partial charge on any atom is 0.289 e. The smallest absolute Gasteiger partial charge is 0.289 e. The SMILES string of the molecule is [C-]#[N+]c1ccc2c(c1)OC[C@H](NC(=O)c1ncc(C)c(N3CC4CCC3C4)n1)C(=O)N2C. The molecule has 1 aromatic carbocycles. The number of benzene rings is 1. The Bertz CT molecular complexity index is 1140. The number of hydrogen-bond donors (Lipinski definition) is 1. The summed E-state index contributed by atoms with van der Waals surface area (Å²) in [7, 11) is 1.62. The third kappa shape index (κ3) is 3.42. The van der Waals surface area contributed by atoms with E-state index in [1.54, 1.807) is 31.4 Å². The molecule has 1 N–H and O–H groups in total. The van der Waals surface area contributed by atoms with Gasteiger partial charge in [-0.2, -0.15) is 0 Å². The van der Waals surface area contributed by atoms with E-state index >= 15 is 0 Å². The Balaban J connectivity index is 1.34. The lowest BCUT2D eigenvalue weighted by Crippen LogP contribution is -2.49. The summed E-state index contributed by atoms with van der Waals surface area (Å²) in [6.45, 7) is 10.0. The summed E-state index contributed by atoms with van der Waals surface area (Å²) in [6.07, 6.45) is 5.27. The second-order valence-electron chi connectivity index (χ2n) is 8.68. The average molecular weight is 432 g/mol. The van der Waals surface area contributed by atoms with E-state index in [-0.39, 0.29) is 18.3 Å². The van der Waals surface area contributed by atoms with Crippen LogP contribution in [0.25, 0.3) is 4.85 Å². The number of carbonyl (C=O) groups is 2. The monoisotopic (exact) mass is 432 g/mol. The summed E-state index contributed by atoms with van der Waals surface area (Å²) in [5.41, 5.74) is 1.91. The molecule has 9 nitrogen and oxygen atoms in total. The van der Waals surface area contributed by atoms with Crippen LogP contribution in [-0.2, 0) is 4.79 Å². The van der Waals surface area contributed by atoms with Gasteiger partial charge in [-0.25, -0.2) is 14.8 Å². The van der Waals surface area contributed by atoms with E-state index in [1.807, 2.05) is 6.92 Å². The zero-order chi connectivity index (χ0) is 22.4. The van der Waals surface area contributed by atoms with Crippen molar-refractivity contribution in [1.82, 2.24) is 15.3 Å². The molecule has 164 valence electrons. The first kappa shape index (κ1) is 20.2. The van der Waals surface area contributed by atoms with Gasteiger partial charge in [-0.15, -0.1) is 0 Å². The Hall–Kier alpha value is -3.67. The Morgan fingerprint density at radius 2 is 2.19 bits per heavy atom. The van der Waals surface area contributed by atoms with E-state index < -0.39 is 11.9 Å². The fraction of sp³-hybridized carbons (Fsp3) is 0.435. The first-order valence-corrected chi connectivity index (χ1v) is 10.8. The van der Waals surface area contributed by atoms with Gasteiger partial charge in [-0.05, 0) is 44.2 Å². The highest BCUT2D eigenvalue weighted by atomic mass is 16.5. The number of fused-ring (bicyclic) bond motifs is 3. The fourth-order valence-electron chi connectivity index (χ4n) is 4.91. The molecule has 32 heavy (non-hydrogen) atoms. The molecule has 2 unspecified atom stereocenters. The minimum Gasteiger partial charge on any atom is -0.490 e. The molecule has 3 heterocycles. The highest BCUT2D eigenvalue weighted by Gasteiger charge is 2.39. The number of nitrogens with one attached hydrogen (secondary N) is 1. The molecule has 2 fully saturated rings. The quantitative estimate of drug-likeness (QED) is 0.750. The lowest BCUT2D eigenvalue weighted by molar-refractivity contribution is -0.120. The van der Waals surface area contributed by atoms with Gasteiger partial charge < -0.3 is 19.9 Å². The van der Waals surface area contributed by atoms with Crippen LogP contribution in [-0.4, -0.2) is 54.1 Å². The molecule has 1 aliphatic carbocycles. The lowest BCUT2D eigenvalue weighted by Gasteiger charge is -2.29. The van der Waals surface area contributed by atoms with Crippen molar-refractivity contribution >= 4 is 29.0 Å². The molecule has 9 heteroatoms. The fourth-order valence-corrected chi connectivity index (χ4v) is 4.91. The molecule has 1 saturated heterocycles. The van der Waals surface area contributed by atoms with Gasteiger partial charge in [0.15, 0.2) is 5.69 Å². The zero-order valence-corrected chi connectivity index (χ0v) is 18.0. The van der Waals surface area contributed by atoms with Crippen molar-refractivity contribution in [3.63, 3.8) is 0 Å². The van der Waals surface area contributed by atoms with Gasteiger partial charge in [0.25, 0.3) is 11.8 Å². The van der Waals surface area contributed by atoms with Crippen molar-refractivity contribution in [2.24, 2.45) is 5.92 Å². The molecule has 0 spiro atoms. The highest BCUT2D eigenvalue weighted by molar-refractivity contribution is 6.02. The molecule has 2 aliphatic heterocycles. The van der Waals surface area contributed by atoms with Crippen LogP contribution in [0, 0.1) is 19.4 Å². The Labute approximate surface area is 186 Å². The van der Waals surface area contributed by atoms with Gasteiger partial charge in [0.1, 0.15) is 24.2 Å². The Morgan fingerprint density at radius 3 is 2.91 bits per heavy atom. The predicted molar refractivity (Wildman–Crippen MR) is 118 cm³/mol. The minimum absolute atomic E-state index is 0.0425. The number of ether oxygens (including phenoxy) is 1. The van der Waals surface area contributed by atoms with Crippen LogP contribution in [0.3, 0.4) is 0 Å². The van der Waals surface area contributed by atoms with Gasteiger partial charge in [-0.1, -0.05) is 6.07 Å². The van der Waals surface area contributed by atoms with Crippen molar-refractivity contribution in [2.75, 3.05) is 30.0 Å². The van der Waals surface area contributed by atoms with E-state index in [0.717, 1.165) is 24.3 Å². The molecule has 2 bridgehead atoms. The number of aryl methyl sites for hydroxylation is 1. The number of rotatable bonds is 3. The summed E-state index contributed by atoms with van der Waals surface area (Å²) >= 11 is 0. The number of amides is 2. The van der Waals surface area contributed by atoms with Crippen LogP contribution in [0.15, 0.2) is 24.4 Å². The number of carbonyl (C=O) groups excluding carboxylic acids is 2. The van der Waals surface area contributed by atoms with Crippen molar-refractivity contribution in [3.05, 3.63) is 47.2 Å². The van der Waals surface area contributed by atoms with E-state index in [4.69, 9.17) is 11.3 Å². The van der Waals surface area contributed by atoms with Crippen LogP contribution in [0.5, 0.6) is 5.75 Å². The Kier molecular flexibility index (Phi) is 4.93. The summed E-state index contributed by atoms with van der Waals surface area (Å²) in [4.78, 5) is 41.9. The van der Waals surface area contributed by atoms with Crippen LogP contribution in [0.2, 0.25) is 0 Å². The maximum absolute atomic E-state index is 13.0. The molecule has 1 aromatic heterocycles. The normalized spacial score (nSPS) is 23.9. The van der Waals surface area contributed by atoms with Crippen LogP contribution >= 0.6 is 0 Å². The predicted octanol–water partition coefficient (Wildman–Crippen LogP) is 2.48. The lowest BCUT2D eigenvalue weighted by atomic mass is 10.1. The summed E-state index contributed by atoms with van der Waals surface area (Å²) in [6, 6.07) is 4.48. The number of piperidine rings is 1. The highest BCUT2D eigenvalue weighted by Crippen LogP contribution is 2.40. The number of hydrogen-bond acceptors (Lipinski definition) is 6. The summed E-state index contributed by atoms with van der Waals surface area (Å²) in [5.74, 6) is 1.16. The van der Waals surface area contributed by atoms with Gasteiger partial charge in [0.2, 0.25) is 5.82 Å². The average Bonchev–Trinajstić information content (AvgIpc) is 3.42. The minimum atomic E-state index is -0.896. The molecule has 3 aliphatic rings. The molecule has 5 rings (SSSR count). The third-order valence-corrected chi connectivity index (χ3v) is 6.60. The number of nitrogens with zero attached hydrogens (tertiary/aromatic N) is 5. The molecule has 3 atom stereocenters. The van der Waals surface area contributed by atoms with Gasteiger partial charge in [0.05, 0.1) is 12.3 Å². The molecular formula is C23H24N6O3. The third-order valence-electron chi connectivity index (χ3n) is 6.60. The van der Waals surface area contributed by atoms with Crippen molar-refractivity contribution in [1.29, 1.82) is 0 Å². The van der Waals surface area contributed by atoms with Gasteiger partial charge in [-0.3, -0.25) is 9.59 Å². The van der Waals surface area contributed by atoms with E-state index in [0.29, 0.717) is 29.1 Å². The molecular weight excluding hydrogens is 408 g/mol. The number of likely N-dealkylation sites (N-methyl/N-ethyl adjacent to an activating group) is 1. The van der Waals surface area contributed by atoms with E-state index in [9.17, 15) is 9.59 Å².